The van der Waals surface area contributed by atoms with Crippen molar-refractivity contribution in [2.75, 3.05) is 5.33 Å². The van der Waals surface area contributed by atoms with Crippen LogP contribution in [-0.4, -0.2) is 17.4 Å². The van der Waals surface area contributed by atoms with Crippen LogP contribution < -0.4 is 0 Å². The third-order valence-corrected chi connectivity index (χ3v) is 2.98. The molecule has 1 rings (SSSR count). The Morgan fingerprint density at radius 2 is 1.93 bits per heavy atom. The normalized spacial score (nSPS) is 17.4. The molecule has 1 fully saturated rings. The summed E-state index contributed by atoms with van der Waals surface area (Å²) in [6.45, 7) is 8.31. The molecular weight excluding hydrogens is 256 g/mol. The van der Waals surface area contributed by atoms with Gasteiger partial charge in [-0.1, -0.05) is 22.9 Å². The van der Waals surface area contributed by atoms with Gasteiger partial charge in [0.1, 0.15) is 5.60 Å². The van der Waals surface area contributed by atoms with Crippen molar-refractivity contribution in [3.05, 3.63) is 0 Å². The van der Waals surface area contributed by atoms with Gasteiger partial charge in [0.2, 0.25) is 0 Å². The zero-order valence-corrected chi connectivity index (χ0v) is 11.9. The quantitative estimate of drug-likeness (QED) is 0.576. The van der Waals surface area contributed by atoms with Crippen molar-refractivity contribution in [1.82, 2.24) is 0 Å². The molecule has 15 heavy (non-hydrogen) atoms. The van der Waals surface area contributed by atoms with Gasteiger partial charge in [0.05, 0.1) is 0 Å². The fourth-order valence-corrected chi connectivity index (χ4v) is 1.38. The van der Waals surface area contributed by atoms with Gasteiger partial charge >= 0.3 is 0 Å². The average molecular weight is 279 g/mol. The predicted octanol–water partition coefficient (Wildman–Crippen LogP) is 3.92. The van der Waals surface area contributed by atoms with E-state index in [0.717, 1.165) is 5.41 Å². The maximum Gasteiger partial charge on any atom is 0.293 e. The standard InChI is InChI=1S/C7H13Br.C5H10O2/c1-7(4-5-7)3-2-6-8;1-5(2,3)7-4-6/h2-6H2,1H3;4H,1-3H3. The molecule has 0 saturated heterocycles. The molecule has 2 nitrogen and oxygen atoms in total. The van der Waals surface area contributed by atoms with Crippen molar-refractivity contribution < 1.29 is 9.53 Å². The number of rotatable bonds is 4. The highest BCUT2D eigenvalue weighted by molar-refractivity contribution is 9.09. The molecule has 3 heteroatoms. The van der Waals surface area contributed by atoms with Crippen LogP contribution in [0.25, 0.3) is 0 Å². The first-order valence-corrected chi connectivity index (χ1v) is 6.62. The molecule has 0 aromatic carbocycles. The summed E-state index contributed by atoms with van der Waals surface area (Å²) in [4.78, 5) is 9.60. The van der Waals surface area contributed by atoms with Crippen molar-refractivity contribution in [2.24, 2.45) is 5.41 Å². The largest absolute Gasteiger partial charge is 0.462 e. The van der Waals surface area contributed by atoms with Crippen LogP contribution in [0.5, 0.6) is 0 Å². The van der Waals surface area contributed by atoms with E-state index in [1.165, 1.54) is 31.0 Å². The minimum atomic E-state index is -0.318. The van der Waals surface area contributed by atoms with Crippen LogP contribution in [0.2, 0.25) is 0 Å². The first kappa shape index (κ1) is 14.9. The molecule has 1 aliphatic rings. The lowest BCUT2D eigenvalue weighted by Gasteiger charge is -2.14. The van der Waals surface area contributed by atoms with Crippen molar-refractivity contribution in [3.8, 4) is 0 Å². The Balaban J connectivity index is 0.000000265. The van der Waals surface area contributed by atoms with Crippen LogP contribution in [0, 0.1) is 5.41 Å². The predicted molar refractivity (Wildman–Crippen MR) is 67.3 cm³/mol. The summed E-state index contributed by atoms with van der Waals surface area (Å²) in [5.41, 5.74) is 0.454. The third kappa shape index (κ3) is 10.2. The highest BCUT2D eigenvalue weighted by atomic mass is 79.9. The molecule has 90 valence electrons. The first-order chi connectivity index (χ1) is 6.83. The molecule has 1 saturated carbocycles. The van der Waals surface area contributed by atoms with Gasteiger partial charge < -0.3 is 4.74 Å². The summed E-state index contributed by atoms with van der Waals surface area (Å²) in [6, 6.07) is 0. The third-order valence-electron chi connectivity index (χ3n) is 2.42. The second-order valence-corrected chi connectivity index (χ2v) is 6.22. The Hall–Kier alpha value is -0.0500. The number of carbonyl (C=O) groups is 1. The molecule has 0 atom stereocenters. The zero-order valence-electron chi connectivity index (χ0n) is 10.3. The Morgan fingerprint density at radius 1 is 1.40 bits per heavy atom. The van der Waals surface area contributed by atoms with Crippen LogP contribution in [0.1, 0.15) is 53.4 Å². The van der Waals surface area contributed by atoms with Crippen LogP contribution in [0.15, 0.2) is 0 Å². The van der Waals surface area contributed by atoms with Gasteiger partial charge in [-0.05, 0) is 51.9 Å². The summed E-state index contributed by atoms with van der Waals surface area (Å²) in [6.07, 6.45) is 5.73. The number of ether oxygens (including phenoxy) is 1. The summed E-state index contributed by atoms with van der Waals surface area (Å²) in [5.74, 6) is 0. The molecule has 0 aromatic heterocycles. The minimum Gasteiger partial charge on any atom is -0.462 e. The van der Waals surface area contributed by atoms with Gasteiger partial charge in [-0.3, -0.25) is 4.79 Å². The lowest BCUT2D eigenvalue weighted by atomic mass is 10.0. The van der Waals surface area contributed by atoms with Gasteiger partial charge in [0.25, 0.3) is 6.47 Å². The Kier molecular flexibility index (Phi) is 6.49. The summed E-state index contributed by atoms with van der Waals surface area (Å²) < 4.78 is 4.55. The van der Waals surface area contributed by atoms with Gasteiger partial charge in [0, 0.05) is 5.33 Å². The molecule has 0 unspecified atom stereocenters. The molecule has 0 spiro atoms. The van der Waals surface area contributed by atoms with Gasteiger partial charge in [0.15, 0.2) is 0 Å². The summed E-state index contributed by atoms with van der Waals surface area (Å²) >= 11 is 3.43. The highest BCUT2D eigenvalue weighted by Gasteiger charge is 2.35. The zero-order chi connectivity index (χ0) is 11.9. The van der Waals surface area contributed by atoms with E-state index in [4.69, 9.17) is 0 Å². The minimum absolute atomic E-state index is 0.318. The molecular formula is C12H23BrO2. The fourth-order valence-electron chi connectivity index (χ4n) is 1.10. The lowest BCUT2D eigenvalue weighted by molar-refractivity contribution is -0.138. The molecule has 0 radical (unpaired) electrons. The molecule has 0 aromatic rings. The van der Waals surface area contributed by atoms with Gasteiger partial charge in [-0.2, -0.15) is 0 Å². The number of hydrogen-bond donors (Lipinski definition) is 0. The SMILES string of the molecule is CC(C)(C)OC=O.CC1(CCCBr)CC1. The van der Waals surface area contributed by atoms with Gasteiger partial charge in [-0.25, -0.2) is 0 Å². The van der Waals surface area contributed by atoms with E-state index < -0.39 is 0 Å². The number of hydrogen-bond acceptors (Lipinski definition) is 2. The van der Waals surface area contributed by atoms with E-state index in [0.29, 0.717) is 6.47 Å². The van der Waals surface area contributed by atoms with Crippen molar-refractivity contribution in [1.29, 1.82) is 0 Å². The van der Waals surface area contributed by atoms with Crippen molar-refractivity contribution in [2.45, 2.75) is 59.0 Å². The Labute approximate surface area is 102 Å². The highest BCUT2D eigenvalue weighted by Crippen LogP contribution is 2.48. The van der Waals surface area contributed by atoms with E-state index in [9.17, 15) is 4.79 Å². The van der Waals surface area contributed by atoms with Gasteiger partial charge in [-0.15, -0.1) is 0 Å². The number of alkyl halides is 1. The molecule has 0 amide bonds. The second-order valence-electron chi connectivity index (χ2n) is 5.43. The van der Waals surface area contributed by atoms with E-state index in [2.05, 4.69) is 27.6 Å². The summed E-state index contributed by atoms with van der Waals surface area (Å²) in [7, 11) is 0. The van der Waals surface area contributed by atoms with Crippen LogP contribution in [0.3, 0.4) is 0 Å². The van der Waals surface area contributed by atoms with E-state index >= 15 is 0 Å². The van der Waals surface area contributed by atoms with Crippen LogP contribution >= 0.6 is 15.9 Å². The van der Waals surface area contributed by atoms with E-state index in [-0.39, 0.29) is 5.60 Å². The maximum absolute atomic E-state index is 9.60. The first-order valence-electron chi connectivity index (χ1n) is 5.50. The van der Waals surface area contributed by atoms with Crippen molar-refractivity contribution in [3.63, 3.8) is 0 Å². The Bertz CT molecular complexity index is 181. The molecule has 0 N–H and O–H groups in total. The second kappa shape index (κ2) is 6.51. The average Bonchev–Trinajstić information content (AvgIpc) is 2.80. The molecule has 1 aliphatic carbocycles. The lowest BCUT2D eigenvalue weighted by Crippen LogP contribution is -2.17. The molecule has 0 heterocycles. The van der Waals surface area contributed by atoms with Crippen LogP contribution in [-0.2, 0) is 9.53 Å². The monoisotopic (exact) mass is 278 g/mol. The molecule has 0 bridgehead atoms. The topological polar surface area (TPSA) is 26.3 Å². The smallest absolute Gasteiger partial charge is 0.293 e. The maximum atomic E-state index is 9.60. The van der Waals surface area contributed by atoms with Crippen molar-refractivity contribution >= 4 is 22.4 Å². The summed E-state index contributed by atoms with van der Waals surface area (Å²) in [5, 5.41) is 1.18. The number of carbonyl (C=O) groups excluding carboxylic acids is 1. The fraction of sp³-hybridized carbons (Fsp3) is 0.917. The van der Waals surface area contributed by atoms with E-state index in [1.807, 2.05) is 20.8 Å². The molecule has 0 aliphatic heterocycles. The van der Waals surface area contributed by atoms with E-state index in [1.54, 1.807) is 0 Å². The van der Waals surface area contributed by atoms with Crippen LogP contribution in [0.4, 0.5) is 0 Å². The Morgan fingerprint density at radius 3 is 2.13 bits per heavy atom. The number of halogens is 1.